The Bertz CT molecular complexity index is 944. The molecule has 7 heteroatoms. The van der Waals surface area contributed by atoms with Crippen LogP contribution in [0.2, 0.25) is 20.1 Å². The Labute approximate surface area is 186 Å². The van der Waals surface area contributed by atoms with E-state index in [4.69, 9.17) is 51.1 Å². The number of hydrogen-bond donors (Lipinski definition) is 1. The molecular formula is C20H14BrCl4NO. The van der Waals surface area contributed by atoms with E-state index in [1.165, 1.54) is 0 Å². The number of anilines is 1. The predicted molar refractivity (Wildman–Crippen MR) is 119 cm³/mol. The molecule has 140 valence electrons. The molecule has 0 bridgehead atoms. The number of halogens is 5. The number of rotatable bonds is 6. The molecule has 0 aliphatic rings. The van der Waals surface area contributed by atoms with Gasteiger partial charge in [-0.05, 0) is 48.5 Å². The average molecular weight is 506 g/mol. The Morgan fingerprint density at radius 3 is 2.30 bits per heavy atom. The Morgan fingerprint density at radius 2 is 1.59 bits per heavy atom. The van der Waals surface area contributed by atoms with Crippen molar-refractivity contribution in [2.45, 2.75) is 13.2 Å². The van der Waals surface area contributed by atoms with Gasteiger partial charge in [-0.15, -0.1) is 0 Å². The van der Waals surface area contributed by atoms with Crippen LogP contribution in [0.15, 0.2) is 59.1 Å². The highest BCUT2D eigenvalue weighted by Crippen LogP contribution is 2.30. The predicted octanol–water partition coefficient (Wildman–Crippen LogP) is 8.25. The summed E-state index contributed by atoms with van der Waals surface area (Å²) in [5.74, 6) is 0.728. The van der Waals surface area contributed by atoms with Gasteiger partial charge in [0.1, 0.15) is 12.4 Å². The van der Waals surface area contributed by atoms with E-state index in [0.717, 1.165) is 27.0 Å². The van der Waals surface area contributed by atoms with E-state index < -0.39 is 0 Å². The van der Waals surface area contributed by atoms with Crippen molar-refractivity contribution in [1.29, 1.82) is 0 Å². The number of ether oxygens (including phenoxy) is 1. The first-order valence-electron chi connectivity index (χ1n) is 7.97. The summed E-state index contributed by atoms with van der Waals surface area (Å²) in [7, 11) is 0. The minimum Gasteiger partial charge on any atom is -0.488 e. The first kappa shape index (κ1) is 20.6. The summed E-state index contributed by atoms with van der Waals surface area (Å²) in [5.41, 5.74) is 2.50. The zero-order chi connectivity index (χ0) is 19.4. The highest BCUT2D eigenvalue weighted by molar-refractivity contribution is 9.10. The third kappa shape index (κ3) is 5.46. The van der Waals surface area contributed by atoms with Gasteiger partial charge >= 0.3 is 0 Å². The van der Waals surface area contributed by atoms with Crippen molar-refractivity contribution in [3.05, 3.63) is 90.3 Å². The van der Waals surface area contributed by atoms with E-state index in [-0.39, 0.29) is 6.61 Å². The topological polar surface area (TPSA) is 21.3 Å². The first-order chi connectivity index (χ1) is 12.9. The molecule has 0 aromatic heterocycles. The molecule has 0 radical (unpaired) electrons. The fourth-order valence-electron chi connectivity index (χ4n) is 2.47. The van der Waals surface area contributed by atoms with Gasteiger partial charge in [0.15, 0.2) is 0 Å². The van der Waals surface area contributed by atoms with Gasteiger partial charge in [0.05, 0.1) is 10.7 Å². The Hall–Kier alpha value is -1.10. The largest absolute Gasteiger partial charge is 0.488 e. The maximum Gasteiger partial charge on any atom is 0.124 e. The zero-order valence-electron chi connectivity index (χ0n) is 13.9. The lowest BCUT2D eigenvalue weighted by molar-refractivity contribution is 0.303. The molecule has 1 N–H and O–H groups in total. The molecule has 0 heterocycles. The molecule has 0 fully saturated rings. The maximum absolute atomic E-state index is 6.23. The van der Waals surface area contributed by atoms with E-state index in [2.05, 4.69) is 21.2 Å². The van der Waals surface area contributed by atoms with Crippen molar-refractivity contribution < 1.29 is 4.74 Å². The number of hydrogen-bond acceptors (Lipinski definition) is 2. The van der Waals surface area contributed by atoms with E-state index >= 15 is 0 Å². The number of nitrogens with one attached hydrogen (secondary N) is 1. The lowest BCUT2D eigenvalue weighted by Gasteiger charge is -2.15. The molecule has 27 heavy (non-hydrogen) atoms. The fourth-order valence-corrected chi connectivity index (χ4v) is 3.86. The van der Waals surface area contributed by atoms with Crippen molar-refractivity contribution >= 4 is 68.0 Å². The van der Waals surface area contributed by atoms with Crippen LogP contribution in [0.1, 0.15) is 11.1 Å². The molecule has 0 saturated carbocycles. The van der Waals surface area contributed by atoms with Crippen LogP contribution in [0.5, 0.6) is 5.75 Å². The summed E-state index contributed by atoms with van der Waals surface area (Å²) in [6.45, 7) is 0.793. The highest BCUT2D eigenvalue weighted by atomic mass is 79.9. The van der Waals surface area contributed by atoms with Crippen LogP contribution in [0.25, 0.3) is 0 Å². The van der Waals surface area contributed by atoms with Crippen molar-refractivity contribution in [3.63, 3.8) is 0 Å². The summed E-state index contributed by atoms with van der Waals surface area (Å²) in [6.07, 6.45) is 0. The van der Waals surface area contributed by atoms with Crippen LogP contribution in [0.3, 0.4) is 0 Å². The minimum atomic E-state index is 0.273. The van der Waals surface area contributed by atoms with Gasteiger partial charge in [0.25, 0.3) is 0 Å². The number of benzene rings is 3. The molecule has 0 spiro atoms. The second-order valence-electron chi connectivity index (χ2n) is 5.72. The fraction of sp³-hybridized carbons (Fsp3) is 0.100. The molecule has 0 aliphatic carbocycles. The SMILES string of the molecule is Clc1ccc(NCc2cc(Br)ccc2OCc2c(Cl)cccc2Cl)c(Cl)c1. The van der Waals surface area contributed by atoms with Crippen LogP contribution in [-0.4, -0.2) is 0 Å². The van der Waals surface area contributed by atoms with Crippen molar-refractivity contribution in [2.75, 3.05) is 5.32 Å². The zero-order valence-corrected chi connectivity index (χ0v) is 18.5. The standard InChI is InChI=1S/C20H14BrCl4NO/c21-13-4-7-20(27-11-15-16(23)2-1-3-17(15)24)12(8-13)10-26-19-6-5-14(22)9-18(19)25/h1-9,26H,10-11H2. The van der Waals surface area contributed by atoms with Crippen LogP contribution in [0, 0.1) is 0 Å². The first-order valence-corrected chi connectivity index (χ1v) is 10.3. The quantitative estimate of drug-likeness (QED) is 0.364. The molecule has 0 aliphatic heterocycles. The van der Waals surface area contributed by atoms with E-state index in [1.54, 1.807) is 30.3 Å². The molecule has 3 rings (SSSR count). The highest BCUT2D eigenvalue weighted by Gasteiger charge is 2.10. The summed E-state index contributed by atoms with van der Waals surface area (Å²) >= 11 is 28.1. The Kier molecular flexibility index (Phi) is 7.18. The monoisotopic (exact) mass is 503 g/mol. The molecule has 2 nitrogen and oxygen atoms in total. The lowest BCUT2D eigenvalue weighted by Crippen LogP contribution is -2.05. The molecule has 0 unspecified atom stereocenters. The third-order valence-electron chi connectivity index (χ3n) is 3.86. The molecule has 3 aromatic carbocycles. The van der Waals surface area contributed by atoms with Gasteiger partial charge in [0.2, 0.25) is 0 Å². The van der Waals surface area contributed by atoms with Gasteiger partial charge in [0, 0.05) is 37.2 Å². The Morgan fingerprint density at radius 1 is 0.852 bits per heavy atom. The average Bonchev–Trinajstić information content (AvgIpc) is 2.62. The van der Waals surface area contributed by atoms with Crippen molar-refractivity contribution in [2.24, 2.45) is 0 Å². The normalized spacial score (nSPS) is 10.7. The van der Waals surface area contributed by atoms with Crippen LogP contribution < -0.4 is 10.1 Å². The molecule has 0 atom stereocenters. The Balaban J connectivity index is 1.77. The summed E-state index contributed by atoms with van der Waals surface area (Å²) in [4.78, 5) is 0. The third-order valence-corrected chi connectivity index (χ3v) is 5.61. The molecule has 0 amide bonds. The second kappa shape index (κ2) is 9.40. The smallest absolute Gasteiger partial charge is 0.124 e. The summed E-state index contributed by atoms with van der Waals surface area (Å²) < 4.78 is 6.94. The maximum atomic E-state index is 6.23. The van der Waals surface area contributed by atoms with Gasteiger partial charge < -0.3 is 10.1 Å². The van der Waals surface area contributed by atoms with Gasteiger partial charge in [-0.25, -0.2) is 0 Å². The lowest BCUT2D eigenvalue weighted by atomic mass is 10.2. The van der Waals surface area contributed by atoms with E-state index in [9.17, 15) is 0 Å². The van der Waals surface area contributed by atoms with Crippen molar-refractivity contribution in [1.82, 2.24) is 0 Å². The van der Waals surface area contributed by atoms with Crippen LogP contribution >= 0.6 is 62.3 Å². The summed E-state index contributed by atoms with van der Waals surface area (Å²) in [5, 5.41) is 5.60. The van der Waals surface area contributed by atoms with Crippen LogP contribution in [-0.2, 0) is 13.2 Å². The van der Waals surface area contributed by atoms with Gasteiger partial charge in [-0.3, -0.25) is 0 Å². The molecular weight excluding hydrogens is 492 g/mol. The summed E-state index contributed by atoms with van der Waals surface area (Å²) in [6, 6.07) is 16.5. The second-order valence-corrected chi connectivity index (χ2v) is 8.29. The van der Waals surface area contributed by atoms with Crippen molar-refractivity contribution in [3.8, 4) is 5.75 Å². The van der Waals surface area contributed by atoms with Gasteiger partial charge in [-0.2, -0.15) is 0 Å². The van der Waals surface area contributed by atoms with Gasteiger partial charge in [-0.1, -0.05) is 68.4 Å². The molecule has 3 aromatic rings. The van der Waals surface area contributed by atoms with E-state index in [1.807, 2.05) is 24.3 Å². The van der Waals surface area contributed by atoms with E-state index in [0.29, 0.717) is 26.6 Å². The molecule has 0 saturated heterocycles. The van der Waals surface area contributed by atoms with Crippen LogP contribution in [0.4, 0.5) is 5.69 Å². The minimum absolute atomic E-state index is 0.273.